The number of unbranched alkanes of at least 4 members (excludes halogenated alkanes) is 1. The van der Waals surface area contributed by atoms with Crippen molar-refractivity contribution < 1.29 is 19.1 Å². The maximum atomic E-state index is 12.6. The third kappa shape index (κ3) is 7.01. The normalized spacial score (nSPS) is 10.1. The molecule has 0 aromatic heterocycles. The highest BCUT2D eigenvalue weighted by atomic mass is 16.5. The minimum absolute atomic E-state index is 0.130. The minimum atomic E-state index is -0.472. The fourth-order valence-electron chi connectivity index (χ4n) is 2.40. The first-order chi connectivity index (χ1) is 13.1. The third-order valence-electron chi connectivity index (χ3n) is 3.92. The monoisotopic (exact) mass is 370 g/mol. The van der Waals surface area contributed by atoms with E-state index in [2.05, 4.69) is 12.2 Å². The molecule has 6 nitrogen and oxygen atoms in total. The molecule has 144 valence electrons. The Hall–Kier alpha value is -3.02. The van der Waals surface area contributed by atoms with E-state index >= 15 is 0 Å². The van der Waals surface area contributed by atoms with Gasteiger partial charge in [0.15, 0.2) is 0 Å². The number of nitrogens with zero attached hydrogens (tertiary/aromatic N) is 1. The molecule has 0 bridgehead atoms. The van der Waals surface area contributed by atoms with Crippen molar-refractivity contribution in [2.75, 3.05) is 25.6 Å². The molecule has 0 aliphatic heterocycles. The summed E-state index contributed by atoms with van der Waals surface area (Å²) >= 11 is 0. The van der Waals surface area contributed by atoms with Crippen molar-refractivity contribution in [3.05, 3.63) is 60.2 Å². The van der Waals surface area contributed by atoms with Gasteiger partial charge in [-0.25, -0.2) is 4.79 Å². The summed E-state index contributed by atoms with van der Waals surface area (Å²) < 4.78 is 10.3. The second kappa shape index (κ2) is 10.9. The molecule has 27 heavy (non-hydrogen) atoms. The molecule has 0 saturated carbocycles. The van der Waals surface area contributed by atoms with Crippen LogP contribution in [0.2, 0.25) is 0 Å². The van der Waals surface area contributed by atoms with Crippen LogP contribution in [0.25, 0.3) is 0 Å². The SMILES string of the molecule is CCCCOc1ccc(NC(=O)N(CC(=O)OC)Cc2ccccc2)cc1. The van der Waals surface area contributed by atoms with E-state index in [-0.39, 0.29) is 12.6 Å². The molecular formula is C21H26N2O4. The van der Waals surface area contributed by atoms with Gasteiger partial charge in [0.2, 0.25) is 0 Å². The molecule has 0 aliphatic rings. The Morgan fingerprint density at radius 2 is 1.74 bits per heavy atom. The van der Waals surface area contributed by atoms with Crippen LogP contribution < -0.4 is 10.1 Å². The molecule has 0 fully saturated rings. The minimum Gasteiger partial charge on any atom is -0.494 e. The van der Waals surface area contributed by atoms with Crippen LogP contribution in [0, 0.1) is 0 Å². The average molecular weight is 370 g/mol. The van der Waals surface area contributed by atoms with Gasteiger partial charge in [-0.2, -0.15) is 0 Å². The number of nitrogens with one attached hydrogen (secondary N) is 1. The zero-order valence-electron chi connectivity index (χ0n) is 15.8. The highest BCUT2D eigenvalue weighted by molar-refractivity contribution is 5.91. The summed E-state index contributed by atoms with van der Waals surface area (Å²) in [4.78, 5) is 25.7. The van der Waals surface area contributed by atoms with E-state index in [0.29, 0.717) is 18.8 Å². The topological polar surface area (TPSA) is 67.9 Å². The van der Waals surface area contributed by atoms with Gasteiger partial charge in [-0.3, -0.25) is 4.79 Å². The molecule has 0 spiro atoms. The molecule has 0 heterocycles. The van der Waals surface area contributed by atoms with E-state index in [4.69, 9.17) is 9.47 Å². The van der Waals surface area contributed by atoms with Crippen LogP contribution in [0.3, 0.4) is 0 Å². The van der Waals surface area contributed by atoms with Crippen LogP contribution in [0.1, 0.15) is 25.3 Å². The Labute approximate surface area is 160 Å². The molecule has 2 rings (SSSR count). The number of amides is 2. The lowest BCUT2D eigenvalue weighted by atomic mass is 10.2. The zero-order chi connectivity index (χ0) is 19.5. The van der Waals surface area contributed by atoms with Crippen LogP contribution in [0.15, 0.2) is 54.6 Å². The zero-order valence-corrected chi connectivity index (χ0v) is 15.8. The summed E-state index contributed by atoms with van der Waals surface area (Å²) in [6.45, 7) is 2.96. The van der Waals surface area contributed by atoms with Gasteiger partial charge in [-0.1, -0.05) is 43.7 Å². The van der Waals surface area contributed by atoms with E-state index in [1.807, 2.05) is 42.5 Å². The summed E-state index contributed by atoms with van der Waals surface area (Å²) in [5, 5.41) is 2.81. The number of anilines is 1. The van der Waals surface area contributed by atoms with Crippen LogP contribution in [-0.4, -0.2) is 37.2 Å². The fraction of sp³-hybridized carbons (Fsp3) is 0.333. The summed E-state index contributed by atoms with van der Waals surface area (Å²) in [5.41, 5.74) is 1.56. The van der Waals surface area contributed by atoms with Crippen LogP contribution >= 0.6 is 0 Å². The predicted octanol–water partition coefficient (Wildman–Crippen LogP) is 4.07. The summed E-state index contributed by atoms with van der Waals surface area (Å²) in [7, 11) is 1.30. The van der Waals surface area contributed by atoms with Gasteiger partial charge in [-0.15, -0.1) is 0 Å². The first-order valence-electron chi connectivity index (χ1n) is 9.02. The van der Waals surface area contributed by atoms with Gasteiger partial charge < -0.3 is 19.7 Å². The predicted molar refractivity (Wildman–Crippen MR) is 105 cm³/mol. The molecular weight excluding hydrogens is 344 g/mol. The lowest BCUT2D eigenvalue weighted by molar-refractivity contribution is -0.141. The fourth-order valence-corrected chi connectivity index (χ4v) is 2.40. The first kappa shape index (κ1) is 20.3. The Morgan fingerprint density at radius 3 is 2.37 bits per heavy atom. The summed E-state index contributed by atoms with van der Waals surface area (Å²) in [6.07, 6.45) is 2.08. The Kier molecular flexibility index (Phi) is 8.16. The van der Waals surface area contributed by atoms with Crippen molar-refractivity contribution in [3.8, 4) is 5.75 Å². The average Bonchev–Trinajstić information content (AvgIpc) is 2.69. The number of hydrogen-bond acceptors (Lipinski definition) is 4. The van der Waals surface area contributed by atoms with E-state index < -0.39 is 5.97 Å². The van der Waals surface area contributed by atoms with Crippen molar-refractivity contribution >= 4 is 17.7 Å². The quantitative estimate of drug-likeness (QED) is 0.534. The number of carbonyl (C=O) groups excluding carboxylic acids is 2. The van der Waals surface area contributed by atoms with Crippen LogP contribution in [0.4, 0.5) is 10.5 Å². The third-order valence-corrected chi connectivity index (χ3v) is 3.92. The van der Waals surface area contributed by atoms with Crippen molar-refractivity contribution in [1.82, 2.24) is 4.90 Å². The molecule has 0 radical (unpaired) electrons. The van der Waals surface area contributed by atoms with Gasteiger partial charge in [0.05, 0.1) is 13.7 Å². The van der Waals surface area contributed by atoms with Crippen molar-refractivity contribution in [2.24, 2.45) is 0 Å². The maximum Gasteiger partial charge on any atom is 0.325 e. The largest absolute Gasteiger partial charge is 0.494 e. The maximum absolute atomic E-state index is 12.6. The van der Waals surface area contributed by atoms with Gasteiger partial charge >= 0.3 is 12.0 Å². The number of carbonyl (C=O) groups is 2. The molecule has 0 unspecified atom stereocenters. The number of esters is 1. The first-order valence-corrected chi connectivity index (χ1v) is 9.02. The molecule has 0 saturated heterocycles. The summed E-state index contributed by atoms with van der Waals surface area (Å²) in [5.74, 6) is 0.290. The number of rotatable bonds is 9. The number of ether oxygens (including phenoxy) is 2. The molecule has 2 aromatic carbocycles. The van der Waals surface area contributed by atoms with E-state index in [1.165, 1.54) is 12.0 Å². The Morgan fingerprint density at radius 1 is 1.04 bits per heavy atom. The molecule has 2 aromatic rings. The molecule has 0 aliphatic carbocycles. The van der Waals surface area contributed by atoms with E-state index in [9.17, 15) is 9.59 Å². The number of methoxy groups -OCH3 is 1. The number of urea groups is 1. The van der Waals surface area contributed by atoms with Gasteiger partial charge in [0.1, 0.15) is 12.3 Å². The standard InChI is InChI=1S/C21H26N2O4/c1-3-4-14-27-19-12-10-18(11-13-19)22-21(25)23(16-20(24)26-2)15-17-8-6-5-7-9-17/h5-13H,3-4,14-16H2,1-2H3,(H,22,25). The van der Waals surface area contributed by atoms with Crippen LogP contribution in [0.5, 0.6) is 5.75 Å². The van der Waals surface area contributed by atoms with Gasteiger partial charge in [-0.05, 0) is 36.2 Å². The molecule has 6 heteroatoms. The number of benzene rings is 2. The lowest BCUT2D eigenvalue weighted by Crippen LogP contribution is -2.38. The lowest BCUT2D eigenvalue weighted by Gasteiger charge is -2.22. The van der Waals surface area contributed by atoms with Crippen molar-refractivity contribution in [2.45, 2.75) is 26.3 Å². The smallest absolute Gasteiger partial charge is 0.325 e. The van der Waals surface area contributed by atoms with E-state index in [0.717, 1.165) is 24.2 Å². The van der Waals surface area contributed by atoms with Crippen molar-refractivity contribution in [3.63, 3.8) is 0 Å². The summed E-state index contributed by atoms with van der Waals surface area (Å²) in [6, 6.07) is 16.3. The highest BCUT2D eigenvalue weighted by Crippen LogP contribution is 2.17. The van der Waals surface area contributed by atoms with Gasteiger partial charge in [0, 0.05) is 12.2 Å². The highest BCUT2D eigenvalue weighted by Gasteiger charge is 2.18. The van der Waals surface area contributed by atoms with Gasteiger partial charge in [0.25, 0.3) is 0 Å². The molecule has 2 amide bonds. The van der Waals surface area contributed by atoms with Crippen molar-refractivity contribution in [1.29, 1.82) is 0 Å². The Balaban J connectivity index is 2.00. The van der Waals surface area contributed by atoms with Crippen LogP contribution in [-0.2, 0) is 16.1 Å². The second-order valence-electron chi connectivity index (χ2n) is 6.07. The second-order valence-corrected chi connectivity index (χ2v) is 6.07. The molecule has 1 N–H and O–H groups in total. The molecule has 0 atom stereocenters. The Bertz CT molecular complexity index is 717. The van der Waals surface area contributed by atoms with E-state index in [1.54, 1.807) is 12.1 Å². The number of hydrogen-bond donors (Lipinski definition) is 1.